The molecule has 0 saturated heterocycles. The van der Waals surface area contributed by atoms with E-state index in [1.807, 2.05) is 36.4 Å². The second-order valence-electron chi connectivity index (χ2n) is 4.86. The number of rotatable bonds is 5. The first kappa shape index (κ1) is 14.8. The molecule has 0 radical (unpaired) electrons. The van der Waals surface area contributed by atoms with Crippen molar-refractivity contribution in [2.45, 2.75) is 13.0 Å². The maximum Gasteiger partial charge on any atom is 0.150 e. The van der Waals surface area contributed by atoms with Crippen LogP contribution in [0.4, 0.5) is 0 Å². The molecule has 0 fully saturated rings. The molecule has 0 aromatic heterocycles. The van der Waals surface area contributed by atoms with Crippen molar-refractivity contribution in [2.24, 2.45) is 0 Å². The summed E-state index contributed by atoms with van der Waals surface area (Å²) in [5.41, 5.74) is 0.664. The third-order valence-electron chi connectivity index (χ3n) is 3.06. The highest BCUT2D eigenvalue weighted by atomic mass is 32.2. The SMILES string of the molecule is CC(O)c1ccc2ccccc2c1OCCS(C)(=O)=O. The smallest absolute Gasteiger partial charge is 0.150 e. The summed E-state index contributed by atoms with van der Waals surface area (Å²) in [5.74, 6) is 0.511. The molecule has 5 heteroatoms. The molecular weight excluding hydrogens is 276 g/mol. The predicted octanol–water partition coefficient (Wildman–Crippen LogP) is 2.32. The number of hydrogen-bond acceptors (Lipinski definition) is 4. The number of hydrogen-bond donors (Lipinski definition) is 1. The zero-order valence-electron chi connectivity index (χ0n) is 11.5. The molecule has 2 aromatic rings. The summed E-state index contributed by atoms with van der Waals surface area (Å²) in [5, 5.41) is 11.7. The maximum atomic E-state index is 11.2. The average Bonchev–Trinajstić information content (AvgIpc) is 2.37. The molecule has 0 aliphatic heterocycles. The number of sulfone groups is 1. The van der Waals surface area contributed by atoms with Gasteiger partial charge in [0.15, 0.2) is 9.84 Å². The Kier molecular flexibility index (Phi) is 4.30. The van der Waals surface area contributed by atoms with Gasteiger partial charge < -0.3 is 9.84 Å². The monoisotopic (exact) mass is 294 g/mol. The van der Waals surface area contributed by atoms with Crippen LogP contribution < -0.4 is 4.74 Å². The summed E-state index contributed by atoms with van der Waals surface area (Å²) in [4.78, 5) is 0. The first-order valence-corrected chi connectivity index (χ1v) is 8.45. The van der Waals surface area contributed by atoms with Crippen LogP contribution in [0.25, 0.3) is 10.8 Å². The quantitative estimate of drug-likeness (QED) is 0.919. The average molecular weight is 294 g/mol. The van der Waals surface area contributed by atoms with Crippen molar-refractivity contribution in [3.63, 3.8) is 0 Å². The van der Waals surface area contributed by atoms with Gasteiger partial charge in [0.25, 0.3) is 0 Å². The van der Waals surface area contributed by atoms with Crippen LogP contribution in [0.1, 0.15) is 18.6 Å². The minimum atomic E-state index is -3.07. The van der Waals surface area contributed by atoms with Crippen LogP contribution in [0.2, 0.25) is 0 Å². The molecule has 4 nitrogen and oxygen atoms in total. The summed E-state index contributed by atoms with van der Waals surface area (Å²) in [6, 6.07) is 11.4. The van der Waals surface area contributed by atoms with E-state index in [4.69, 9.17) is 4.74 Å². The highest BCUT2D eigenvalue weighted by Gasteiger charge is 2.13. The van der Waals surface area contributed by atoms with E-state index in [-0.39, 0.29) is 12.4 Å². The Morgan fingerprint density at radius 1 is 1.20 bits per heavy atom. The standard InChI is InChI=1S/C15H18O4S/c1-11(16)13-8-7-12-5-3-4-6-14(12)15(13)19-9-10-20(2,17)18/h3-8,11,16H,9-10H2,1-2H3. The fourth-order valence-electron chi connectivity index (χ4n) is 2.05. The van der Waals surface area contributed by atoms with Gasteiger partial charge >= 0.3 is 0 Å². The lowest BCUT2D eigenvalue weighted by atomic mass is 10.0. The molecule has 1 atom stereocenters. The lowest BCUT2D eigenvalue weighted by Crippen LogP contribution is -2.13. The summed E-state index contributed by atoms with van der Waals surface area (Å²) >= 11 is 0. The molecule has 0 amide bonds. The fraction of sp³-hybridized carbons (Fsp3) is 0.333. The lowest BCUT2D eigenvalue weighted by Gasteiger charge is -2.16. The Morgan fingerprint density at radius 3 is 2.55 bits per heavy atom. The van der Waals surface area contributed by atoms with Crippen molar-refractivity contribution in [3.05, 3.63) is 42.0 Å². The van der Waals surface area contributed by atoms with Crippen LogP contribution in [0.5, 0.6) is 5.75 Å². The predicted molar refractivity (Wildman–Crippen MR) is 79.8 cm³/mol. The van der Waals surface area contributed by atoms with Crippen molar-refractivity contribution in [1.82, 2.24) is 0 Å². The molecule has 0 heterocycles. The number of benzene rings is 2. The van der Waals surface area contributed by atoms with E-state index in [1.165, 1.54) is 6.26 Å². The van der Waals surface area contributed by atoms with Crippen molar-refractivity contribution in [1.29, 1.82) is 0 Å². The third-order valence-corrected chi connectivity index (χ3v) is 3.97. The van der Waals surface area contributed by atoms with Gasteiger partial charge in [-0.1, -0.05) is 36.4 Å². The van der Waals surface area contributed by atoms with Gasteiger partial charge in [0.1, 0.15) is 12.4 Å². The van der Waals surface area contributed by atoms with Crippen molar-refractivity contribution >= 4 is 20.6 Å². The lowest BCUT2D eigenvalue weighted by molar-refractivity contribution is 0.193. The molecule has 20 heavy (non-hydrogen) atoms. The topological polar surface area (TPSA) is 63.6 Å². The Balaban J connectivity index is 2.39. The van der Waals surface area contributed by atoms with Gasteiger partial charge in [-0.2, -0.15) is 0 Å². The minimum absolute atomic E-state index is 0.0462. The Bertz CT molecular complexity index is 705. The zero-order valence-corrected chi connectivity index (χ0v) is 12.4. The van der Waals surface area contributed by atoms with Crippen LogP contribution >= 0.6 is 0 Å². The molecule has 0 bridgehead atoms. The van der Waals surface area contributed by atoms with E-state index < -0.39 is 15.9 Å². The minimum Gasteiger partial charge on any atom is -0.491 e. The largest absolute Gasteiger partial charge is 0.491 e. The molecule has 0 aliphatic rings. The van der Waals surface area contributed by atoms with Gasteiger partial charge in [0.05, 0.1) is 11.9 Å². The summed E-state index contributed by atoms with van der Waals surface area (Å²) in [6.07, 6.45) is 0.502. The van der Waals surface area contributed by atoms with E-state index in [1.54, 1.807) is 6.92 Å². The molecule has 2 rings (SSSR count). The maximum absolute atomic E-state index is 11.2. The molecule has 1 N–H and O–H groups in total. The fourth-order valence-corrected chi connectivity index (χ4v) is 2.43. The van der Waals surface area contributed by atoms with Crippen LogP contribution in [-0.2, 0) is 9.84 Å². The number of fused-ring (bicyclic) bond motifs is 1. The van der Waals surface area contributed by atoms with E-state index in [9.17, 15) is 13.5 Å². The highest BCUT2D eigenvalue weighted by Crippen LogP contribution is 2.33. The van der Waals surface area contributed by atoms with Crippen molar-refractivity contribution in [3.8, 4) is 5.75 Å². The molecule has 0 spiro atoms. The zero-order chi connectivity index (χ0) is 14.8. The van der Waals surface area contributed by atoms with Crippen LogP contribution in [0, 0.1) is 0 Å². The Hall–Kier alpha value is -1.59. The van der Waals surface area contributed by atoms with E-state index in [0.717, 1.165) is 10.8 Å². The van der Waals surface area contributed by atoms with E-state index in [0.29, 0.717) is 11.3 Å². The summed E-state index contributed by atoms with van der Waals surface area (Å²) < 4.78 is 28.0. The number of ether oxygens (including phenoxy) is 1. The Labute approximate surface area is 118 Å². The van der Waals surface area contributed by atoms with Crippen molar-refractivity contribution in [2.75, 3.05) is 18.6 Å². The molecule has 2 aromatic carbocycles. The molecule has 0 aliphatic carbocycles. The van der Waals surface area contributed by atoms with E-state index in [2.05, 4.69) is 0 Å². The Morgan fingerprint density at radius 2 is 1.90 bits per heavy atom. The van der Waals surface area contributed by atoms with Crippen LogP contribution in [-0.4, -0.2) is 32.1 Å². The first-order chi connectivity index (χ1) is 9.38. The normalized spacial score (nSPS) is 13.3. The van der Waals surface area contributed by atoms with Crippen LogP contribution in [0.3, 0.4) is 0 Å². The second-order valence-corrected chi connectivity index (χ2v) is 7.12. The molecule has 1 unspecified atom stereocenters. The summed E-state index contributed by atoms with van der Waals surface area (Å²) in [7, 11) is -3.07. The van der Waals surface area contributed by atoms with Crippen molar-refractivity contribution < 1.29 is 18.3 Å². The van der Waals surface area contributed by atoms with Gasteiger partial charge in [0, 0.05) is 17.2 Å². The summed E-state index contributed by atoms with van der Waals surface area (Å²) in [6.45, 7) is 1.74. The second kappa shape index (κ2) is 5.81. The van der Waals surface area contributed by atoms with Gasteiger partial charge in [-0.25, -0.2) is 8.42 Å². The van der Waals surface area contributed by atoms with Gasteiger partial charge in [-0.3, -0.25) is 0 Å². The number of aliphatic hydroxyl groups is 1. The first-order valence-electron chi connectivity index (χ1n) is 6.39. The molecule has 0 saturated carbocycles. The van der Waals surface area contributed by atoms with E-state index >= 15 is 0 Å². The van der Waals surface area contributed by atoms with Gasteiger partial charge in [-0.15, -0.1) is 0 Å². The highest BCUT2D eigenvalue weighted by molar-refractivity contribution is 7.90. The number of aliphatic hydroxyl groups excluding tert-OH is 1. The third kappa shape index (κ3) is 3.49. The molecule has 108 valence electrons. The van der Waals surface area contributed by atoms with Gasteiger partial charge in [0.2, 0.25) is 0 Å². The van der Waals surface area contributed by atoms with Crippen LogP contribution in [0.15, 0.2) is 36.4 Å². The molecular formula is C15H18O4S. The van der Waals surface area contributed by atoms with Gasteiger partial charge in [-0.05, 0) is 12.3 Å².